The summed E-state index contributed by atoms with van der Waals surface area (Å²) in [6.07, 6.45) is 5.49. The van der Waals surface area contributed by atoms with Crippen LogP contribution in [0.4, 0.5) is 17.1 Å². The molecule has 27 heavy (non-hydrogen) atoms. The minimum absolute atomic E-state index is 0.197. The van der Waals surface area contributed by atoms with E-state index in [1.54, 1.807) is 12.3 Å². The van der Waals surface area contributed by atoms with Crippen LogP contribution in [0, 0.1) is 0 Å². The van der Waals surface area contributed by atoms with Crippen molar-refractivity contribution in [3.05, 3.63) is 48.3 Å². The van der Waals surface area contributed by atoms with Crippen molar-refractivity contribution < 1.29 is 4.79 Å². The second kappa shape index (κ2) is 9.37. The average Bonchev–Trinajstić information content (AvgIpc) is 2.69. The van der Waals surface area contributed by atoms with Crippen LogP contribution >= 0.6 is 0 Å². The molecule has 1 aromatic heterocycles. The molecule has 2 heterocycles. The van der Waals surface area contributed by atoms with Crippen molar-refractivity contribution in [2.75, 3.05) is 55.8 Å². The van der Waals surface area contributed by atoms with E-state index in [0.717, 1.165) is 37.6 Å². The van der Waals surface area contributed by atoms with E-state index in [1.807, 2.05) is 32.3 Å². The summed E-state index contributed by atoms with van der Waals surface area (Å²) < 4.78 is 0. The first-order chi connectivity index (χ1) is 13.1. The van der Waals surface area contributed by atoms with E-state index in [1.165, 1.54) is 24.9 Å². The van der Waals surface area contributed by atoms with Gasteiger partial charge in [-0.25, -0.2) is 0 Å². The number of benzene rings is 1. The van der Waals surface area contributed by atoms with Crippen molar-refractivity contribution in [2.24, 2.45) is 0 Å². The van der Waals surface area contributed by atoms with Crippen molar-refractivity contribution in [1.82, 2.24) is 9.88 Å². The number of carbonyl (C=O) groups is 1. The lowest BCUT2D eigenvalue weighted by Crippen LogP contribution is -2.29. The van der Waals surface area contributed by atoms with Gasteiger partial charge < -0.3 is 20.4 Å². The third-order valence-corrected chi connectivity index (χ3v) is 4.73. The molecule has 2 N–H and O–H groups in total. The Morgan fingerprint density at radius 2 is 1.81 bits per heavy atom. The van der Waals surface area contributed by atoms with Gasteiger partial charge >= 0.3 is 0 Å². The van der Waals surface area contributed by atoms with E-state index in [2.05, 4.69) is 37.6 Å². The third-order valence-electron chi connectivity index (χ3n) is 4.73. The van der Waals surface area contributed by atoms with Crippen LogP contribution in [0.15, 0.2) is 42.6 Å². The zero-order valence-electron chi connectivity index (χ0n) is 16.2. The van der Waals surface area contributed by atoms with Gasteiger partial charge in [0.1, 0.15) is 5.69 Å². The highest BCUT2D eigenvalue weighted by atomic mass is 16.1. The highest BCUT2D eigenvalue weighted by Crippen LogP contribution is 2.22. The summed E-state index contributed by atoms with van der Waals surface area (Å²) in [6.45, 7) is 3.97. The Hall–Kier alpha value is -2.60. The molecule has 1 saturated heterocycles. The normalized spacial score (nSPS) is 14.3. The second-order valence-corrected chi connectivity index (χ2v) is 7.21. The molecule has 2 aromatic rings. The lowest BCUT2D eigenvalue weighted by atomic mass is 10.1. The molecule has 6 nitrogen and oxygen atoms in total. The Bertz CT molecular complexity index is 738. The molecule has 1 aliphatic rings. The Labute approximate surface area is 161 Å². The molecule has 0 bridgehead atoms. The molecular weight excluding hydrogens is 338 g/mol. The number of nitrogens with zero attached hydrogens (tertiary/aromatic N) is 3. The summed E-state index contributed by atoms with van der Waals surface area (Å²) in [6, 6.07) is 11.7. The number of amides is 1. The summed E-state index contributed by atoms with van der Waals surface area (Å²) >= 11 is 0. The standard InChI is InChI=1S/C21H29N5O/c1-25(2)15-12-22-18-10-11-23-20(16-18)21(27)24-17-6-8-19(9-7-17)26-13-4-3-5-14-26/h6-11,16H,3-5,12-15H2,1-2H3,(H,22,23)(H,24,27). The molecular formula is C21H29N5O. The van der Waals surface area contributed by atoms with Gasteiger partial charge in [-0.3, -0.25) is 9.78 Å². The van der Waals surface area contributed by atoms with Gasteiger partial charge in [-0.1, -0.05) is 0 Å². The number of pyridine rings is 1. The number of hydrogen-bond donors (Lipinski definition) is 2. The quantitative estimate of drug-likeness (QED) is 0.786. The third kappa shape index (κ3) is 5.69. The monoisotopic (exact) mass is 367 g/mol. The zero-order chi connectivity index (χ0) is 19.1. The summed E-state index contributed by atoms with van der Waals surface area (Å²) in [5.74, 6) is -0.197. The van der Waals surface area contributed by atoms with E-state index in [9.17, 15) is 4.79 Å². The van der Waals surface area contributed by atoms with Gasteiger partial charge in [0, 0.05) is 49.4 Å². The highest BCUT2D eigenvalue weighted by molar-refractivity contribution is 6.03. The molecule has 0 radical (unpaired) electrons. The number of likely N-dealkylation sites (N-methyl/N-ethyl adjacent to an activating group) is 1. The fourth-order valence-corrected chi connectivity index (χ4v) is 3.19. The lowest BCUT2D eigenvalue weighted by Gasteiger charge is -2.28. The molecule has 1 amide bonds. The Kier molecular flexibility index (Phi) is 6.65. The van der Waals surface area contributed by atoms with Crippen LogP contribution in [0.25, 0.3) is 0 Å². The fraction of sp³-hybridized carbons (Fsp3) is 0.429. The molecule has 0 unspecified atom stereocenters. The number of aromatic nitrogens is 1. The van der Waals surface area contributed by atoms with Crippen LogP contribution in [-0.4, -0.2) is 56.1 Å². The summed E-state index contributed by atoms with van der Waals surface area (Å²) in [5.41, 5.74) is 3.31. The SMILES string of the molecule is CN(C)CCNc1ccnc(C(=O)Nc2ccc(N3CCCCC3)cc2)c1. The summed E-state index contributed by atoms with van der Waals surface area (Å²) in [7, 11) is 4.06. The molecule has 6 heteroatoms. The van der Waals surface area contributed by atoms with Gasteiger partial charge in [-0.15, -0.1) is 0 Å². The van der Waals surface area contributed by atoms with E-state index >= 15 is 0 Å². The topological polar surface area (TPSA) is 60.5 Å². The van der Waals surface area contributed by atoms with Gasteiger partial charge in [0.25, 0.3) is 5.91 Å². The molecule has 3 rings (SSSR count). The molecule has 144 valence electrons. The van der Waals surface area contributed by atoms with Crippen molar-refractivity contribution in [3.8, 4) is 0 Å². The predicted octanol–water partition coefficient (Wildman–Crippen LogP) is 3.30. The molecule has 0 atom stereocenters. The van der Waals surface area contributed by atoms with Gasteiger partial charge in [-0.05, 0) is 69.8 Å². The zero-order valence-corrected chi connectivity index (χ0v) is 16.2. The van der Waals surface area contributed by atoms with Crippen molar-refractivity contribution in [3.63, 3.8) is 0 Å². The molecule has 0 saturated carbocycles. The summed E-state index contributed by atoms with van der Waals surface area (Å²) in [5, 5.41) is 6.25. The maximum Gasteiger partial charge on any atom is 0.274 e. The Morgan fingerprint density at radius 3 is 2.52 bits per heavy atom. The molecule has 1 fully saturated rings. The Balaban J connectivity index is 1.58. The van der Waals surface area contributed by atoms with Crippen LogP contribution in [0.2, 0.25) is 0 Å². The smallest absolute Gasteiger partial charge is 0.274 e. The van der Waals surface area contributed by atoms with Crippen LogP contribution in [0.5, 0.6) is 0 Å². The highest BCUT2D eigenvalue weighted by Gasteiger charge is 2.12. The van der Waals surface area contributed by atoms with Crippen molar-refractivity contribution >= 4 is 23.0 Å². The number of hydrogen-bond acceptors (Lipinski definition) is 5. The van der Waals surface area contributed by atoms with Crippen LogP contribution in [-0.2, 0) is 0 Å². The maximum absolute atomic E-state index is 12.5. The molecule has 1 aliphatic heterocycles. The maximum atomic E-state index is 12.5. The summed E-state index contributed by atoms with van der Waals surface area (Å²) in [4.78, 5) is 21.2. The fourth-order valence-electron chi connectivity index (χ4n) is 3.19. The van der Waals surface area contributed by atoms with Crippen LogP contribution < -0.4 is 15.5 Å². The van der Waals surface area contributed by atoms with E-state index < -0.39 is 0 Å². The second-order valence-electron chi connectivity index (χ2n) is 7.21. The van der Waals surface area contributed by atoms with E-state index in [4.69, 9.17) is 0 Å². The van der Waals surface area contributed by atoms with Gasteiger partial charge in [0.2, 0.25) is 0 Å². The number of anilines is 3. The van der Waals surface area contributed by atoms with Crippen molar-refractivity contribution in [1.29, 1.82) is 0 Å². The minimum Gasteiger partial charge on any atom is -0.384 e. The predicted molar refractivity (Wildman–Crippen MR) is 112 cm³/mol. The molecule has 1 aromatic carbocycles. The first kappa shape index (κ1) is 19.2. The molecule has 0 spiro atoms. The van der Waals surface area contributed by atoms with Gasteiger partial charge in [0.05, 0.1) is 0 Å². The first-order valence-corrected chi connectivity index (χ1v) is 9.63. The largest absolute Gasteiger partial charge is 0.384 e. The number of nitrogens with one attached hydrogen (secondary N) is 2. The van der Waals surface area contributed by atoms with Gasteiger partial charge in [-0.2, -0.15) is 0 Å². The minimum atomic E-state index is -0.197. The average molecular weight is 367 g/mol. The van der Waals surface area contributed by atoms with Crippen LogP contribution in [0.3, 0.4) is 0 Å². The Morgan fingerprint density at radius 1 is 1.07 bits per heavy atom. The number of piperidine rings is 1. The van der Waals surface area contributed by atoms with Crippen molar-refractivity contribution in [2.45, 2.75) is 19.3 Å². The van der Waals surface area contributed by atoms with Gasteiger partial charge in [0.15, 0.2) is 0 Å². The van der Waals surface area contributed by atoms with Crippen LogP contribution in [0.1, 0.15) is 29.8 Å². The number of rotatable bonds is 7. The first-order valence-electron chi connectivity index (χ1n) is 9.63. The number of carbonyl (C=O) groups excluding carboxylic acids is 1. The van der Waals surface area contributed by atoms with E-state index in [-0.39, 0.29) is 5.91 Å². The molecule has 0 aliphatic carbocycles. The lowest BCUT2D eigenvalue weighted by molar-refractivity contribution is 0.102. The van der Waals surface area contributed by atoms with E-state index in [0.29, 0.717) is 5.69 Å².